The second-order valence-corrected chi connectivity index (χ2v) is 6.02. The zero-order valence-electron chi connectivity index (χ0n) is 13.5. The number of carbonyl (C=O) groups is 1. The van der Waals surface area contributed by atoms with Crippen LogP contribution in [0.3, 0.4) is 0 Å². The lowest BCUT2D eigenvalue weighted by atomic mass is 10.0. The molecule has 23 heavy (non-hydrogen) atoms. The molecule has 1 aliphatic heterocycles. The van der Waals surface area contributed by atoms with Crippen molar-refractivity contribution in [3.63, 3.8) is 0 Å². The molecule has 5 nitrogen and oxygen atoms in total. The van der Waals surface area contributed by atoms with Crippen LogP contribution >= 0.6 is 0 Å². The van der Waals surface area contributed by atoms with Crippen LogP contribution in [0.4, 0.5) is 10.5 Å². The molecule has 2 amide bonds. The Morgan fingerprint density at radius 3 is 2.78 bits per heavy atom. The number of pyridine rings is 1. The molecule has 0 aliphatic carbocycles. The smallest absolute Gasteiger partial charge is 0.319 e. The molecule has 1 fully saturated rings. The van der Waals surface area contributed by atoms with Gasteiger partial charge in [0.25, 0.3) is 0 Å². The Balaban J connectivity index is 1.69. The van der Waals surface area contributed by atoms with E-state index < -0.39 is 0 Å². The predicted octanol–water partition coefficient (Wildman–Crippen LogP) is 2.96. The maximum atomic E-state index is 12.3. The molecule has 120 valence electrons. The Morgan fingerprint density at radius 1 is 1.26 bits per heavy atom. The van der Waals surface area contributed by atoms with Crippen LogP contribution in [0.25, 0.3) is 0 Å². The highest BCUT2D eigenvalue weighted by atomic mass is 16.2. The molecule has 3 rings (SSSR count). The van der Waals surface area contributed by atoms with Gasteiger partial charge in [-0.15, -0.1) is 0 Å². The van der Waals surface area contributed by atoms with Crippen molar-refractivity contribution in [2.45, 2.75) is 25.4 Å². The highest BCUT2D eigenvalue weighted by molar-refractivity contribution is 5.90. The summed E-state index contributed by atoms with van der Waals surface area (Å²) in [5, 5.41) is 6.04. The standard InChI is InChI=1S/C18H22N4O/c1-13-12-19-10-8-15(13)20-18(23)21-16-9-11-22(2)17(16)14-6-4-3-5-7-14/h3-8,10,12,16-17H,9,11H2,1-2H3,(H2,19,20,21,23)/t16-,17+/m1/s1. The van der Waals surface area contributed by atoms with Gasteiger partial charge in [0.1, 0.15) is 0 Å². The number of benzene rings is 1. The van der Waals surface area contributed by atoms with E-state index in [1.165, 1.54) is 5.56 Å². The van der Waals surface area contributed by atoms with Crippen LogP contribution in [0.2, 0.25) is 0 Å². The van der Waals surface area contributed by atoms with Crippen LogP contribution in [0.15, 0.2) is 48.8 Å². The van der Waals surface area contributed by atoms with Crippen LogP contribution in [-0.4, -0.2) is 35.5 Å². The second-order valence-electron chi connectivity index (χ2n) is 6.02. The van der Waals surface area contributed by atoms with Gasteiger partial charge in [-0.2, -0.15) is 0 Å². The largest absolute Gasteiger partial charge is 0.333 e. The Bertz CT molecular complexity index is 674. The zero-order valence-corrected chi connectivity index (χ0v) is 13.5. The lowest BCUT2D eigenvalue weighted by Crippen LogP contribution is -2.41. The first kappa shape index (κ1) is 15.5. The minimum Gasteiger partial charge on any atom is -0.333 e. The lowest BCUT2D eigenvalue weighted by molar-refractivity contribution is 0.240. The number of amides is 2. The van der Waals surface area contributed by atoms with E-state index in [1.54, 1.807) is 12.4 Å². The average molecular weight is 310 g/mol. The van der Waals surface area contributed by atoms with Crippen LogP contribution in [0.1, 0.15) is 23.6 Å². The Morgan fingerprint density at radius 2 is 2.04 bits per heavy atom. The molecule has 2 N–H and O–H groups in total. The summed E-state index contributed by atoms with van der Waals surface area (Å²) in [5.74, 6) is 0. The molecule has 1 saturated heterocycles. The highest BCUT2D eigenvalue weighted by Crippen LogP contribution is 2.30. The van der Waals surface area contributed by atoms with Crippen molar-refractivity contribution >= 4 is 11.7 Å². The van der Waals surface area contributed by atoms with E-state index in [0.717, 1.165) is 24.2 Å². The van der Waals surface area contributed by atoms with Gasteiger partial charge in [0, 0.05) is 24.6 Å². The summed E-state index contributed by atoms with van der Waals surface area (Å²) >= 11 is 0. The number of aromatic nitrogens is 1. The minimum atomic E-state index is -0.166. The first-order valence-electron chi connectivity index (χ1n) is 7.88. The van der Waals surface area contributed by atoms with Gasteiger partial charge in [0.15, 0.2) is 0 Å². The lowest BCUT2D eigenvalue weighted by Gasteiger charge is -2.26. The highest BCUT2D eigenvalue weighted by Gasteiger charge is 2.33. The molecule has 2 aromatic rings. The van der Waals surface area contributed by atoms with Gasteiger partial charge >= 0.3 is 6.03 Å². The zero-order chi connectivity index (χ0) is 16.2. The Hall–Kier alpha value is -2.40. The fourth-order valence-electron chi connectivity index (χ4n) is 3.18. The number of aryl methyl sites for hydroxylation is 1. The summed E-state index contributed by atoms with van der Waals surface area (Å²) in [6, 6.07) is 12.3. The van der Waals surface area contributed by atoms with Crippen molar-refractivity contribution < 1.29 is 4.79 Å². The minimum absolute atomic E-state index is 0.101. The number of likely N-dealkylation sites (tertiary alicyclic amines) is 1. The van der Waals surface area contributed by atoms with Gasteiger partial charge in [-0.05, 0) is 37.6 Å². The van der Waals surface area contributed by atoms with E-state index in [2.05, 4.69) is 39.7 Å². The van der Waals surface area contributed by atoms with Crippen molar-refractivity contribution in [3.8, 4) is 0 Å². The fourth-order valence-corrected chi connectivity index (χ4v) is 3.18. The topological polar surface area (TPSA) is 57.3 Å². The number of rotatable bonds is 3. The Kier molecular flexibility index (Phi) is 4.57. The van der Waals surface area contributed by atoms with Crippen LogP contribution in [-0.2, 0) is 0 Å². The van der Waals surface area contributed by atoms with Crippen molar-refractivity contribution in [2.75, 3.05) is 18.9 Å². The van der Waals surface area contributed by atoms with Crippen LogP contribution in [0.5, 0.6) is 0 Å². The summed E-state index contributed by atoms with van der Waals surface area (Å²) in [5.41, 5.74) is 2.98. The molecule has 0 bridgehead atoms. The molecule has 5 heteroatoms. The Labute approximate surface area is 136 Å². The number of carbonyl (C=O) groups excluding carboxylic acids is 1. The summed E-state index contributed by atoms with van der Waals surface area (Å²) in [4.78, 5) is 18.7. The van der Waals surface area contributed by atoms with E-state index in [4.69, 9.17) is 0 Å². The molecule has 0 unspecified atom stereocenters. The average Bonchev–Trinajstić information content (AvgIpc) is 2.91. The molecule has 1 aromatic carbocycles. The van der Waals surface area contributed by atoms with Gasteiger partial charge < -0.3 is 10.6 Å². The third kappa shape index (κ3) is 3.51. The third-order valence-corrected chi connectivity index (χ3v) is 4.37. The quantitative estimate of drug-likeness (QED) is 0.916. The number of hydrogen-bond acceptors (Lipinski definition) is 3. The van der Waals surface area contributed by atoms with E-state index in [9.17, 15) is 4.79 Å². The number of nitrogens with zero attached hydrogens (tertiary/aromatic N) is 2. The van der Waals surface area contributed by atoms with Gasteiger partial charge in [-0.3, -0.25) is 9.88 Å². The molecule has 2 heterocycles. The first-order chi connectivity index (χ1) is 11.1. The summed E-state index contributed by atoms with van der Waals surface area (Å²) < 4.78 is 0. The van der Waals surface area contributed by atoms with Crippen LogP contribution < -0.4 is 10.6 Å². The molecular weight excluding hydrogens is 288 g/mol. The van der Waals surface area contributed by atoms with Crippen LogP contribution in [0, 0.1) is 6.92 Å². The van der Waals surface area contributed by atoms with E-state index in [-0.39, 0.29) is 18.1 Å². The predicted molar refractivity (Wildman–Crippen MR) is 91.3 cm³/mol. The molecule has 0 radical (unpaired) electrons. The molecule has 1 aromatic heterocycles. The van der Waals surface area contributed by atoms with Gasteiger partial charge in [0.05, 0.1) is 12.1 Å². The fraction of sp³-hybridized carbons (Fsp3) is 0.333. The maximum Gasteiger partial charge on any atom is 0.319 e. The SMILES string of the molecule is Cc1cnccc1NC(=O)N[C@@H]1CCN(C)[C@H]1c1ccccc1. The van der Waals surface area contributed by atoms with Crippen molar-refractivity contribution in [1.82, 2.24) is 15.2 Å². The molecule has 1 aliphatic rings. The molecule has 0 saturated carbocycles. The van der Waals surface area contributed by atoms with Crippen molar-refractivity contribution in [1.29, 1.82) is 0 Å². The molecule has 0 spiro atoms. The second kappa shape index (κ2) is 6.79. The maximum absolute atomic E-state index is 12.3. The number of hydrogen-bond donors (Lipinski definition) is 2. The van der Waals surface area contributed by atoms with E-state index >= 15 is 0 Å². The van der Waals surface area contributed by atoms with Crippen molar-refractivity contribution in [3.05, 3.63) is 59.9 Å². The van der Waals surface area contributed by atoms with Crippen molar-refractivity contribution in [2.24, 2.45) is 0 Å². The van der Waals surface area contributed by atoms with E-state index in [0.29, 0.717) is 0 Å². The van der Waals surface area contributed by atoms with Gasteiger partial charge in [-0.1, -0.05) is 30.3 Å². The summed E-state index contributed by atoms with van der Waals surface area (Å²) in [7, 11) is 2.10. The summed E-state index contributed by atoms with van der Waals surface area (Å²) in [6.07, 6.45) is 4.36. The first-order valence-corrected chi connectivity index (χ1v) is 7.88. The normalized spacial score (nSPS) is 21.1. The molecular formula is C18H22N4O. The number of likely N-dealkylation sites (N-methyl/N-ethyl adjacent to an activating group) is 1. The number of urea groups is 1. The third-order valence-electron chi connectivity index (χ3n) is 4.37. The number of nitrogens with one attached hydrogen (secondary N) is 2. The molecule has 2 atom stereocenters. The number of anilines is 1. The van der Waals surface area contributed by atoms with E-state index in [1.807, 2.05) is 31.2 Å². The van der Waals surface area contributed by atoms with Gasteiger partial charge in [0.2, 0.25) is 0 Å². The van der Waals surface area contributed by atoms with Gasteiger partial charge in [-0.25, -0.2) is 4.79 Å². The summed E-state index contributed by atoms with van der Waals surface area (Å²) in [6.45, 7) is 2.90. The monoisotopic (exact) mass is 310 g/mol.